The van der Waals surface area contributed by atoms with E-state index in [-0.39, 0.29) is 27.8 Å². The van der Waals surface area contributed by atoms with Crippen molar-refractivity contribution in [3.63, 3.8) is 0 Å². The van der Waals surface area contributed by atoms with Crippen LogP contribution in [-0.2, 0) is 0 Å². The van der Waals surface area contributed by atoms with Crippen LogP contribution >= 0.6 is 11.6 Å². The summed E-state index contributed by atoms with van der Waals surface area (Å²) >= 11 is 5.75. The average Bonchev–Trinajstić information content (AvgIpc) is 2.37. The first-order valence-electron chi connectivity index (χ1n) is 5.32. The summed E-state index contributed by atoms with van der Waals surface area (Å²) in [7, 11) is 0. The smallest absolute Gasteiger partial charge is 0.311 e. The third kappa shape index (κ3) is 3.02. The van der Waals surface area contributed by atoms with Gasteiger partial charge in [-0.15, -0.1) is 0 Å². The molecule has 100 valence electrons. The van der Waals surface area contributed by atoms with E-state index in [4.69, 9.17) is 21.6 Å². The molecule has 0 N–H and O–H groups in total. The highest BCUT2D eigenvalue weighted by molar-refractivity contribution is 6.30. The van der Waals surface area contributed by atoms with Gasteiger partial charge in [-0.3, -0.25) is 10.1 Å². The number of nitrogens with zero attached hydrogens (tertiary/aromatic N) is 2. The zero-order valence-electron chi connectivity index (χ0n) is 9.84. The predicted octanol–water partition coefficient (Wildman–Crippen LogP) is 4.05. The predicted molar refractivity (Wildman–Crippen MR) is 69.3 cm³/mol. The van der Waals surface area contributed by atoms with Gasteiger partial charge in [-0.1, -0.05) is 11.6 Å². The normalized spacial score (nSPS) is 9.85. The number of nitro groups is 1. The highest BCUT2D eigenvalue weighted by Gasteiger charge is 2.16. The fourth-order valence-electron chi connectivity index (χ4n) is 1.53. The van der Waals surface area contributed by atoms with Crippen LogP contribution in [0.5, 0.6) is 11.5 Å². The van der Waals surface area contributed by atoms with E-state index in [1.165, 1.54) is 24.3 Å². The summed E-state index contributed by atoms with van der Waals surface area (Å²) in [6.45, 7) is 0. The highest BCUT2D eigenvalue weighted by Crippen LogP contribution is 2.34. The molecule has 0 aliphatic heterocycles. The largest absolute Gasteiger partial charge is 0.450 e. The summed E-state index contributed by atoms with van der Waals surface area (Å²) in [5.74, 6) is -0.826. The van der Waals surface area contributed by atoms with E-state index in [0.717, 1.165) is 12.1 Å². The van der Waals surface area contributed by atoms with Gasteiger partial charge in [-0.25, -0.2) is 4.39 Å². The second kappa shape index (κ2) is 5.55. The van der Waals surface area contributed by atoms with Gasteiger partial charge in [0.05, 0.1) is 16.6 Å². The topological polar surface area (TPSA) is 76.2 Å². The molecule has 0 heterocycles. The lowest BCUT2D eigenvalue weighted by atomic mass is 10.2. The molecule has 0 aromatic heterocycles. The van der Waals surface area contributed by atoms with Gasteiger partial charge < -0.3 is 4.74 Å². The number of halogens is 2. The molecule has 20 heavy (non-hydrogen) atoms. The fraction of sp³-hybridized carbons (Fsp3) is 0. The van der Waals surface area contributed by atoms with Gasteiger partial charge in [-0.05, 0) is 18.2 Å². The molecule has 7 heteroatoms. The summed E-state index contributed by atoms with van der Waals surface area (Å²) in [5, 5.41) is 19.8. The van der Waals surface area contributed by atoms with Crippen LogP contribution < -0.4 is 4.74 Å². The Kier molecular flexibility index (Phi) is 3.82. The SMILES string of the molecule is N#Cc1cc(F)cc(Oc2cc(Cl)ccc2[N+](=O)[O-])c1. The van der Waals surface area contributed by atoms with Crippen molar-refractivity contribution >= 4 is 17.3 Å². The van der Waals surface area contributed by atoms with Crippen molar-refractivity contribution in [2.45, 2.75) is 0 Å². The van der Waals surface area contributed by atoms with Crippen LogP contribution in [0.15, 0.2) is 36.4 Å². The Labute approximate surface area is 117 Å². The molecule has 0 radical (unpaired) electrons. The van der Waals surface area contributed by atoms with Crippen LogP contribution in [0.25, 0.3) is 0 Å². The lowest BCUT2D eigenvalue weighted by molar-refractivity contribution is -0.385. The van der Waals surface area contributed by atoms with Crippen LogP contribution in [0, 0.1) is 27.3 Å². The first kappa shape index (κ1) is 13.8. The average molecular weight is 293 g/mol. The van der Waals surface area contributed by atoms with E-state index >= 15 is 0 Å². The molecule has 0 saturated carbocycles. The van der Waals surface area contributed by atoms with Crippen molar-refractivity contribution in [2.24, 2.45) is 0 Å². The maximum Gasteiger partial charge on any atom is 0.311 e. The third-order valence-electron chi connectivity index (χ3n) is 2.35. The van der Waals surface area contributed by atoms with Crippen LogP contribution in [-0.4, -0.2) is 4.92 Å². The van der Waals surface area contributed by atoms with Gasteiger partial charge in [-0.2, -0.15) is 5.26 Å². The zero-order chi connectivity index (χ0) is 14.7. The Morgan fingerprint density at radius 2 is 2.05 bits per heavy atom. The molecule has 0 aliphatic carbocycles. The second-order valence-corrected chi connectivity index (χ2v) is 4.20. The minimum atomic E-state index is -0.677. The Hall–Kier alpha value is -2.65. The van der Waals surface area contributed by atoms with E-state index in [1.807, 2.05) is 0 Å². The molecular weight excluding hydrogens is 287 g/mol. The van der Waals surface area contributed by atoms with Crippen molar-refractivity contribution in [2.75, 3.05) is 0 Å². The van der Waals surface area contributed by atoms with E-state index in [9.17, 15) is 14.5 Å². The van der Waals surface area contributed by atoms with Gasteiger partial charge in [0, 0.05) is 23.2 Å². The molecule has 0 fully saturated rings. The molecule has 0 bridgehead atoms. The van der Waals surface area contributed by atoms with Gasteiger partial charge in [0.25, 0.3) is 0 Å². The second-order valence-electron chi connectivity index (χ2n) is 3.76. The first-order valence-corrected chi connectivity index (χ1v) is 5.70. The molecule has 0 amide bonds. The van der Waals surface area contributed by atoms with Crippen molar-refractivity contribution < 1.29 is 14.1 Å². The molecule has 0 aliphatic rings. The van der Waals surface area contributed by atoms with Gasteiger partial charge in [0.1, 0.15) is 11.6 Å². The fourth-order valence-corrected chi connectivity index (χ4v) is 1.70. The summed E-state index contributed by atoms with van der Waals surface area (Å²) in [4.78, 5) is 10.2. The Morgan fingerprint density at radius 1 is 1.30 bits per heavy atom. The van der Waals surface area contributed by atoms with Crippen molar-refractivity contribution in [3.8, 4) is 17.6 Å². The number of nitro benzene ring substituents is 1. The number of hydrogen-bond donors (Lipinski definition) is 0. The van der Waals surface area contributed by atoms with E-state index in [1.54, 1.807) is 6.07 Å². The number of rotatable bonds is 3. The van der Waals surface area contributed by atoms with Crippen LogP contribution in [0.4, 0.5) is 10.1 Å². The minimum absolute atomic E-state index is 0.0214. The maximum absolute atomic E-state index is 13.3. The van der Waals surface area contributed by atoms with Gasteiger partial charge in [0.15, 0.2) is 0 Å². The molecular formula is C13H6ClFN2O3. The van der Waals surface area contributed by atoms with Crippen LogP contribution in [0.1, 0.15) is 5.56 Å². The monoisotopic (exact) mass is 292 g/mol. The standard InChI is InChI=1S/C13H6ClFN2O3/c14-9-1-2-12(17(18)19)13(5-9)20-11-4-8(7-16)3-10(15)6-11/h1-6H. The Morgan fingerprint density at radius 3 is 2.70 bits per heavy atom. The van der Waals surface area contributed by atoms with Crippen LogP contribution in [0.2, 0.25) is 5.02 Å². The molecule has 0 spiro atoms. The Bertz CT molecular complexity index is 728. The number of ether oxygens (including phenoxy) is 1. The summed E-state index contributed by atoms with van der Waals surface area (Å²) in [6.07, 6.45) is 0. The minimum Gasteiger partial charge on any atom is -0.450 e. The lowest BCUT2D eigenvalue weighted by Crippen LogP contribution is -1.94. The maximum atomic E-state index is 13.3. The van der Waals surface area contributed by atoms with Gasteiger partial charge >= 0.3 is 5.69 Å². The van der Waals surface area contributed by atoms with E-state index < -0.39 is 10.7 Å². The van der Waals surface area contributed by atoms with Crippen molar-refractivity contribution in [1.82, 2.24) is 0 Å². The third-order valence-corrected chi connectivity index (χ3v) is 2.58. The van der Waals surface area contributed by atoms with Crippen molar-refractivity contribution in [3.05, 3.63) is 62.9 Å². The summed E-state index contributed by atoms with van der Waals surface area (Å²) in [5.41, 5.74) is -0.262. The number of benzene rings is 2. The highest BCUT2D eigenvalue weighted by atomic mass is 35.5. The van der Waals surface area contributed by atoms with E-state index in [0.29, 0.717) is 0 Å². The molecule has 5 nitrogen and oxygen atoms in total. The molecule has 0 atom stereocenters. The molecule has 0 saturated heterocycles. The summed E-state index contributed by atoms with van der Waals surface area (Å²) < 4.78 is 18.5. The van der Waals surface area contributed by atoms with Gasteiger partial charge in [0.2, 0.25) is 5.75 Å². The molecule has 2 aromatic rings. The quantitative estimate of drug-likeness (QED) is 0.631. The van der Waals surface area contributed by atoms with E-state index in [2.05, 4.69) is 0 Å². The number of hydrogen-bond acceptors (Lipinski definition) is 4. The summed E-state index contributed by atoms with van der Waals surface area (Å²) in [6, 6.07) is 8.86. The lowest BCUT2D eigenvalue weighted by Gasteiger charge is -2.07. The number of nitriles is 1. The first-order chi connectivity index (χ1) is 9.49. The molecule has 2 rings (SSSR count). The van der Waals surface area contributed by atoms with Crippen LogP contribution in [0.3, 0.4) is 0 Å². The zero-order valence-corrected chi connectivity index (χ0v) is 10.6. The Balaban J connectivity index is 2.44. The van der Waals surface area contributed by atoms with Crippen molar-refractivity contribution in [1.29, 1.82) is 5.26 Å². The molecule has 2 aromatic carbocycles. The molecule has 0 unspecified atom stereocenters.